The molecule has 0 spiro atoms. The van der Waals surface area contributed by atoms with Crippen LogP contribution in [-0.4, -0.2) is 26.0 Å². The van der Waals surface area contributed by atoms with E-state index in [-0.39, 0.29) is 17.9 Å². The van der Waals surface area contributed by atoms with Gasteiger partial charge in [0.25, 0.3) is 10.0 Å². The maximum atomic E-state index is 13.0. The SMILES string of the molecule is Cc1cccc(N(CCC(=O)O)S(=O)(=O)c2ccc(Cl)cc2)c1C. The van der Waals surface area contributed by atoms with Gasteiger partial charge in [-0.15, -0.1) is 0 Å². The van der Waals surface area contributed by atoms with Crippen molar-refractivity contribution in [3.05, 3.63) is 58.6 Å². The normalized spacial score (nSPS) is 11.3. The second-order valence-corrected chi connectivity index (χ2v) is 7.69. The third-order valence-electron chi connectivity index (χ3n) is 3.78. The molecular formula is C17H18ClNO4S. The summed E-state index contributed by atoms with van der Waals surface area (Å²) < 4.78 is 27.2. The van der Waals surface area contributed by atoms with Crippen molar-refractivity contribution in [1.82, 2.24) is 0 Å². The maximum absolute atomic E-state index is 13.0. The number of carboxylic acid groups (broad SMARTS) is 1. The first-order chi connectivity index (χ1) is 11.2. The lowest BCUT2D eigenvalue weighted by Gasteiger charge is -2.26. The van der Waals surface area contributed by atoms with E-state index in [4.69, 9.17) is 16.7 Å². The summed E-state index contributed by atoms with van der Waals surface area (Å²) in [7, 11) is -3.89. The van der Waals surface area contributed by atoms with Crippen molar-refractivity contribution in [2.45, 2.75) is 25.2 Å². The van der Waals surface area contributed by atoms with Gasteiger partial charge in [-0.3, -0.25) is 9.10 Å². The molecule has 128 valence electrons. The molecule has 0 aliphatic heterocycles. The van der Waals surface area contributed by atoms with E-state index < -0.39 is 16.0 Å². The summed E-state index contributed by atoms with van der Waals surface area (Å²) in [4.78, 5) is 11.0. The van der Waals surface area contributed by atoms with Crippen molar-refractivity contribution in [3.8, 4) is 0 Å². The Kier molecular flexibility index (Phi) is 5.51. The number of halogens is 1. The number of carbonyl (C=O) groups is 1. The van der Waals surface area contributed by atoms with Crippen LogP contribution in [0.5, 0.6) is 0 Å². The molecule has 2 aromatic rings. The Labute approximate surface area is 146 Å². The van der Waals surface area contributed by atoms with Gasteiger partial charge in [0, 0.05) is 11.6 Å². The number of hydrogen-bond acceptors (Lipinski definition) is 3. The van der Waals surface area contributed by atoms with Crippen molar-refractivity contribution in [2.24, 2.45) is 0 Å². The molecule has 7 heteroatoms. The molecule has 0 fully saturated rings. The minimum absolute atomic E-state index is 0.0678. The largest absolute Gasteiger partial charge is 0.481 e. The first kappa shape index (κ1) is 18.3. The number of anilines is 1. The zero-order chi connectivity index (χ0) is 17.9. The summed E-state index contributed by atoms with van der Waals surface area (Å²) in [5.74, 6) is -1.06. The van der Waals surface area contributed by atoms with E-state index in [1.165, 1.54) is 24.3 Å². The number of rotatable bonds is 6. The third kappa shape index (κ3) is 3.88. The van der Waals surface area contributed by atoms with Crippen molar-refractivity contribution < 1.29 is 18.3 Å². The summed E-state index contributed by atoms with van der Waals surface area (Å²) >= 11 is 5.82. The summed E-state index contributed by atoms with van der Waals surface area (Å²) in [6.45, 7) is 3.55. The topological polar surface area (TPSA) is 74.7 Å². The molecule has 0 saturated carbocycles. The summed E-state index contributed by atoms with van der Waals surface area (Å²) in [5.41, 5.74) is 2.20. The third-order valence-corrected chi connectivity index (χ3v) is 5.85. The minimum atomic E-state index is -3.89. The number of aliphatic carboxylic acids is 1. The molecule has 0 heterocycles. The molecule has 0 atom stereocenters. The second-order valence-electron chi connectivity index (χ2n) is 5.39. The lowest BCUT2D eigenvalue weighted by atomic mass is 10.1. The molecule has 0 amide bonds. The molecule has 24 heavy (non-hydrogen) atoms. The van der Waals surface area contributed by atoms with Gasteiger partial charge >= 0.3 is 5.97 Å². The van der Waals surface area contributed by atoms with Gasteiger partial charge in [0.05, 0.1) is 17.0 Å². The van der Waals surface area contributed by atoms with Gasteiger partial charge < -0.3 is 5.11 Å². The molecule has 0 bridgehead atoms. The maximum Gasteiger partial charge on any atom is 0.305 e. The average Bonchev–Trinajstić information content (AvgIpc) is 2.51. The number of aryl methyl sites for hydroxylation is 1. The highest BCUT2D eigenvalue weighted by Crippen LogP contribution is 2.29. The number of sulfonamides is 1. The highest BCUT2D eigenvalue weighted by atomic mass is 35.5. The Morgan fingerprint density at radius 3 is 2.33 bits per heavy atom. The summed E-state index contributed by atoms with van der Waals surface area (Å²) in [6.07, 6.45) is -0.291. The zero-order valence-corrected chi connectivity index (χ0v) is 14.9. The van der Waals surface area contributed by atoms with Crippen LogP contribution >= 0.6 is 11.6 Å². The number of benzene rings is 2. The van der Waals surface area contributed by atoms with Crippen LogP contribution in [0.25, 0.3) is 0 Å². The van der Waals surface area contributed by atoms with Crippen LogP contribution < -0.4 is 4.31 Å². The van der Waals surface area contributed by atoms with Crippen molar-refractivity contribution in [1.29, 1.82) is 0 Å². The van der Waals surface area contributed by atoms with Crippen LogP contribution in [-0.2, 0) is 14.8 Å². The van der Waals surface area contributed by atoms with Crippen LogP contribution in [0.3, 0.4) is 0 Å². The molecule has 0 saturated heterocycles. The van der Waals surface area contributed by atoms with E-state index in [0.717, 1.165) is 15.4 Å². The fraction of sp³-hybridized carbons (Fsp3) is 0.235. The molecule has 2 aromatic carbocycles. The molecule has 5 nitrogen and oxygen atoms in total. The number of hydrogen-bond donors (Lipinski definition) is 1. The Balaban J connectivity index is 2.55. The van der Waals surface area contributed by atoms with Gasteiger partial charge in [-0.1, -0.05) is 23.7 Å². The molecule has 1 N–H and O–H groups in total. The quantitative estimate of drug-likeness (QED) is 0.846. The van der Waals surface area contributed by atoms with Crippen molar-refractivity contribution >= 4 is 33.3 Å². The lowest BCUT2D eigenvalue weighted by molar-refractivity contribution is -0.136. The number of carboxylic acids is 1. The Morgan fingerprint density at radius 1 is 1.12 bits per heavy atom. The van der Waals surface area contributed by atoms with Gasteiger partial charge in [-0.2, -0.15) is 0 Å². The highest BCUT2D eigenvalue weighted by molar-refractivity contribution is 7.92. The molecule has 0 aliphatic carbocycles. The smallest absolute Gasteiger partial charge is 0.305 e. The average molecular weight is 368 g/mol. The monoisotopic (exact) mass is 367 g/mol. The van der Waals surface area contributed by atoms with E-state index in [0.29, 0.717) is 10.7 Å². The zero-order valence-electron chi connectivity index (χ0n) is 13.4. The van der Waals surface area contributed by atoms with Gasteiger partial charge in [-0.25, -0.2) is 8.42 Å². The van der Waals surface area contributed by atoms with Crippen LogP contribution in [0.15, 0.2) is 47.4 Å². The molecule has 2 rings (SSSR count). The van der Waals surface area contributed by atoms with Crippen LogP contribution in [0.1, 0.15) is 17.5 Å². The molecule has 0 aromatic heterocycles. The van der Waals surface area contributed by atoms with Crippen LogP contribution in [0, 0.1) is 13.8 Å². The standard InChI is InChI=1S/C17H18ClNO4S/c1-12-4-3-5-16(13(12)2)19(11-10-17(20)21)24(22,23)15-8-6-14(18)7-9-15/h3-9H,10-11H2,1-2H3,(H,20,21). The van der Waals surface area contributed by atoms with E-state index in [1.54, 1.807) is 12.1 Å². The highest BCUT2D eigenvalue weighted by Gasteiger charge is 2.26. The first-order valence-electron chi connectivity index (χ1n) is 7.30. The van der Waals surface area contributed by atoms with Gasteiger partial charge in [0.15, 0.2) is 0 Å². The Morgan fingerprint density at radius 2 is 1.75 bits per heavy atom. The molecule has 0 aliphatic rings. The Hall–Kier alpha value is -2.05. The van der Waals surface area contributed by atoms with Crippen LogP contribution in [0.4, 0.5) is 5.69 Å². The number of nitrogens with zero attached hydrogens (tertiary/aromatic N) is 1. The second kappa shape index (κ2) is 7.23. The van der Waals surface area contributed by atoms with Gasteiger partial charge in [0.2, 0.25) is 0 Å². The Bertz CT molecular complexity index is 847. The predicted molar refractivity (Wildman–Crippen MR) is 94.2 cm³/mol. The minimum Gasteiger partial charge on any atom is -0.481 e. The predicted octanol–water partition coefficient (Wildman–Crippen LogP) is 3.63. The fourth-order valence-corrected chi connectivity index (χ4v) is 3.96. The summed E-state index contributed by atoms with van der Waals surface area (Å²) in [5, 5.41) is 9.40. The van der Waals surface area contributed by atoms with E-state index >= 15 is 0 Å². The van der Waals surface area contributed by atoms with Gasteiger partial charge in [0.1, 0.15) is 0 Å². The van der Waals surface area contributed by atoms with E-state index in [2.05, 4.69) is 0 Å². The molecular weight excluding hydrogens is 350 g/mol. The fourth-order valence-electron chi connectivity index (χ4n) is 2.31. The molecule has 0 radical (unpaired) electrons. The van der Waals surface area contributed by atoms with Crippen molar-refractivity contribution in [3.63, 3.8) is 0 Å². The van der Waals surface area contributed by atoms with Crippen LogP contribution in [0.2, 0.25) is 5.02 Å². The first-order valence-corrected chi connectivity index (χ1v) is 9.11. The van der Waals surface area contributed by atoms with E-state index in [1.807, 2.05) is 19.9 Å². The molecule has 0 unspecified atom stereocenters. The van der Waals surface area contributed by atoms with Crippen molar-refractivity contribution in [2.75, 3.05) is 10.8 Å². The van der Waals surface area contributed by atoms with Gasteiger partial charge in [-0.05, 0) is 55.3 Å². The summed E-state index contributed by atoms with van der Waals surface area (Å²) in [6, 6.07) is 11.1. The van der Waals surface area contributed by atoms with E-state index in [9.17, 15) is 13.2 Å². The lowest BCUT2D eigenvalue weighted by Crippen LogP contribution is -2.33.